The van der Waals surface area contributed by atoms with Gasteiger partial charge in [0.25, 0.3) is 5.91 Å². The number of hydrogen-bond donors (Lipinski definition) is 1. The van der Waals surface area contributed by atoms with Crippen molar-refractivity contribution in [1.82, 2.24) is 9.80 Å². The molecule has 0 saturated carbocycles. The number of hydrogen-bond acceptors (Lipinski definition) is 6. The van der Waals surface area contributed by atoms with Crippen LogP contribution in [0.25, 0.3) is 0 Å². The lowest BCUT2D eigenvalue weighted by molar-refractivity contribution is -0.137. The molecule has 8 heteroatoms. The molecule has 0 aliphatic carbocycles. The minimum absolute atomic E-state index is 0.0246. The van der Waals surface area contributed by atoms with E-state index in [1.54, 1.807) is 23.1 Å². The summed E-state index contributed by atoms with van der Waals surface area (Å²) in [5, 5.41) is 11.0. The van der Waals surface area contributed by atoms with Gasteiger partial charge in [-0.1, -0.05) is 24.3 Å². The number of rotatable bonds is 8. The van der Waals surface area contributed by atoms with Crippen LogP contribution in [0.5, 0.6) is 11.5 Å². The molecule has 2 saturated heterocycles. The molecule has 0 spiro atoms. The number of amides is 1. The summed E-state index contributed by atoms with van der Waals surface area (Å²) in [5.41, 5.74) is 0.168. The largest absolute Gasteiger partial charge is 0.488 e. The van der Waals surface area contributed by atoms with Crippen molar-refractivity contribution in [2.24, 2.45) is 0 Å². The van der Waals surface area contributed by atoms with Crippen LogP contribution >= 0.6 is 0 Å². The molecule has 4 rings (SSSR count). The van der Waals surface area contributed by atoms with Gasteiger partial charge in [-0.05, 0) is 55.6 Å². The Balaban J connectivity index is 1.22. The summed E-state index contributed by atoms with van der Waals surface area (Å²) in [5.74, 6) is 0.398. The molecule has 1 amide bonds. The number of benzene rings is 2. The predicted molar refractivity (Wildman–Crippen MR) is 125 cm³/mol. The summed E-state index contributed by atoms with van der Waals surface area (Å²) in [6.07, 6.45) is 2.01. The molecule has 1 atom stereocenters. The van der Waals surface area contributed by atoms with Crippen LogP contribution in [0.4, 0.5) is 4.39 Å². The Morgan fingerprint density at radius 1 is 1.00 bits per heavy atom. The van der Waals surface area contributed by atoms with Crippen molar-refractivity contribution < 1.29 is 28.5 Å². The molecule has 0 aromatic heterocycles. The number of carbonyl (C=O) groups excluding carboxylic acids is 1. The van der Waals surface area contributed by atoms with Gasteiger partial charge in [0.1, 0.15) is 12.4 Å². The monoisotopic (exact) mass is 472 g/mol. The summed E-state index contributed by atoms with van der Waals surface area (Å²) in [4.78, 5) is 16.3. The normalized spacial score (nSPS) is 21.6. The quantitative estimate of drug-likeness (QED) is 0.637. The van der Waals surface area contributed by atoms with Crippen LogP contribution in [-0.4, -0.2) is 79.0 Å². The Labute approximate surface area is 200 Å². The first-order valence-electron chi connectivity index (χ1n) is 11.9. The van der Waals surface area contributed by atoms with Gasteiger partial charge in [-0.15, -0.1) is 0 Å². The maximum absolute atomic E-state index is 13.8. The standard InChI is InChI=1S/C26H33FN2O5/c27-23-4-1-2-5-24(23)34-20-26(31)10-3-12-28(13-11-26)18-21-6-8-22(9-7-21)33-19-25(30)29-14-16-32-17-15-29/h1-2,4-9,31H,3,10-20H2. The number of ether oxygens (including phenoxy) is 3. The Morgan fingerprint density at radius 2 is 1.76 bits per heavy atom. The van der Waals surface area contributed by atoms with E-state index in [0.717, 1.165) is 31.6 Å². The van der Waals surface area contributed by atoms with Gasteiger partial charge in [0.15, 0.2) is 18.2 Å². The Kier molecular flexibility index (Phi) is 8.37. The highest BCUT2D eigenvalue weighted by molar-refractivity contribution is 5.77. The fourth-order valence-electron chi connectivity index (χ4n) is 4.31. The lowest BCUT2D eigenvalue weighted by Crippen LogP contribution is -2.42. The van der Waals surface area contributed by atoms with E-state index in [1.807, 2.05) is 24.3 Å². The smallest absolute Gasteiger partial charge is 0.260 e. The van der Waals surface area contributed by atoms with E-state index in [1.165, 1.54) is 6.07 Å². The van der Waals surface area contributed by atoms with Gasteiger partial charge in [0.2, 0.25) is 0 Å². The second-order valence-corrected chi connectivity index (χ2v) is 9.00. The number of carbonyl (C=O) groups is 1. The molecule has 184 valence electrons. The van der Waals surface area contributed by atoms with Crippen LogP contribution < -0.4 is 9.47 Å². The van der Waals surface area contributed by atoms with Gasteiger partial charge in [-0.2, -0.15) is 0 Å². The molecule has 2 aliphatic rings. The molecular formula is C26H33FN2O5. The first-order valence-corrected chi connectivity index (χ1v) is 11.9. The summed E-state index contributed by atoms with van der Waals surface area (Å²) in [6, 6.07) is 14.1. The third kappa shape index (κ3) is 6.91. The fraction of sp³-hybridized carbons (Fsp3) is 0.500. The van der Waals surface area contributed by atoms with Crippen molar-refractivity contribution >= 4 is 5.91 Å². The highest BCUT2D eigenvalue weighted by Crippen LogP contribution is 2.26. The van der Waals surface area contributed by atoms with Crippen molar-refractivity contribution in [1.29, 1.82) is 0 Å². The zero-order valence-electron chi connectivity index (χ0n) is 19.5. The van der Waals surface area contributed by atoms with Crippen LogP contribution in [0.3, 0.4) is 0 Å². The van der Waals surface area contributed by atoms with Gasteiger partial charge < -0.3 is 24.2 Å². The van der Waals surface area contributed by atoms with Crippen molar-refractivity contribution in [2.45, 2.75) is 31.4 Å². The lowest BCUT2D eigenvalue weighted by Gasteiger charge is -2.27. The minimum Gasteiger partial charge on any atom is -0.488 e. The van der Waals surface area contributed by atoms with Gasteiger partial charge in [-0.3, -0.25) is 9.69 Å². The van der Waals surface area contributed by atoms with Gasteiger partial charge >= 0.3 is 0 Å². The maximum Gasteiger partial charge on any atom is 0.260 e. The molecule has 2 heterocycles. The molecule has 0 bridgehead atoms. The molecule has 7 nitrogen and oxygen atoms in total. The second kappa shape index (κ2) is 11.6. The molecule has 2 aromatic rings. The fourth-order valence-corrected chi connectivity index (χ4v) is 4.31. The number of aliphatic hydroxyl groups is 1. The molecule has 2 fully saturated rings. The molecule has 34 heavy (non-hydrogen) atoms. The number of nitrogens with zero attached hydrogens (tertiary/aromatic N) is 2. The van der Waals surface area contributed by atoms with Crippen molar-refractivity contribution in [2.75, 3.05) is 52.6 Å². The number of morpholine rings is 1. The van der Waals surface area contributed by atoms with Crippen LogP contribution in [0, 0.1) is 5.82 Å². The molecule has 2 aromatic carbocycles. The van der Waals surface area contributed by atoms with E-state index in [9.17, 15) is 14.3 Å². The highest BCUT2D eigenvalue weighted by Gasteiger charge is 2.31. The number of para-hydroxylation sites is 1. The van der Waals surface area contributed by atoms with E-state index >= 15 is 0 Å². The Morgan fingerprint density at radius 3 is 2.53 bits per heavy atom. The topological polar surface area (TPSA) is 71.5 Å². The Bertz CT molecular complexity index is 935. The van der Waals surface area contributed by atoms with Crippen LogP contribution in [0.15, 0.2) is 48.5 Å². The van der Waals surface area contributed by atoms with Crippen LogP contribution in [0.1, 0.15) is 24.8 Å². The van der Waals surface area contributed by atoms with Crippen LogP contribution in [-0.2, 0) is 16.1 Å². The maximum atomic E-state index is 13.8. The minimum atomic E-state index is -0.970. The van der Waals surface area contributed by atoms with Crippen molar-refractivity contribution in [3.8, 4) is 11.5 Å². The number of likely N-dealkylation sites (tertiary alicyclic amines) is 1. The van der Waals surface area contributed by atoms with E-state index in [2.05, 4.69) is 4.90 Å². The first-order chi connectivity index (χ1) is 16.5. The summed E-state index contributed by atoms with van der Waals surface area (Å²) in [7, 11) is 0. The second-order valence-electron chi connectivity index (χ2n) is 9.00. The summed E-state index contributed by atoms with van der Waals surface area (Å²) in [6.45, 7) is 4.84. The molecular weight excluding hydrogens is 439 g/mol. The van der Waals surface area contributed by atoms with E-state index in [-0.39, 0.29) is 24.9 Å². The van der Waals surface area contributed by atoms with Crippen molar-refractivity contribution in [3.63, 3.8) is 0 Å². The van der Waals surface area contributed by atoms with E-state index < -0.39 is 11.4 Å². The average Bonchev–Trinajstić information content (AvgIpc) is 3.05. The number of halogens is 1. The van der Waals surface area contributed by atoms with Crippen molar-refractivity contribution in [3.05, 3.63) is 59.9 Å². The third-order valence-electron chi connectivity index (χ3n) is 6.40. The van der Waals surface area contributed by atoms with Crippen LogP contribution in [0.2, 0.25) is 0 Å². The first kappa shape index (κ1) is 24.4. The van der Waals surface area contributed by atoms with Gasteiger partial charge in [0.05, 0.1) is 18.8 Å². The van der Waals surface area contributed by atoms with Gasteiger partial charge in [0, 0.05) is 26.2 Å². The summed E-state index contributed by atoms with van der Waals surface area (Å²) >= 11 is 0. The molecule has 1 unspecified atom stereocenters. The SMILES string of the molecule is O=C(COc1ccc(CN2CCCC(O)(COc3ccccc3F)CC2)cc1)N1CCOCC1. The molecule has 2 aliphatic heterocycles. The average molecular weight is 473 g/mol. The van der Waals surface area contributed by atoms with E-state index in [4.69, 9.17) is 14.2 Å². The Hall–Kier alpha value is -2.68. The lowest BCUT2D eigenvalue weighted by atomic mass is 9.96. The highest BCUT2D eigenvalue weighted by atomic mass is 19.1. The predicted octanol–water partition coefficient (Wildman–Crippen LogP) is 2.86. The van der Waals surface area contributed by atoms with E-state index in [0.29, 0.717) is 44.9 Å². The summed E-state index contributed by atoms with van der Waals surface area (Å²) < 4.78 is 30.3. The molecule has 0 radical (unpaired) electrons. The third-order valence-corrected chi connectivity index (χ3v) is 6.40. The van der Waals surface area contributed by atoms with Gasteiger partial charge in [-0.25, -0.2) is 4.39 Å². The zero-order chi connectivity index (χ0) is 23.8. The molecule has 1 N–H and O–H groups in total. The zero-order valence-corrected chi connectivity index (χ0v) is 19.5.